The highest BCUT2D eigenvalue weighted by Crippen LogP contribution is 2.46. The Kier molecular flexibility index (Phi) is 9.95. The number of carbonyl (C=O) groups is 3. The number of hydrogen-bond acceptors (Lipinski definition) is 6. The Bertz CT molecular complexity index is 1090. The van der Waals surface area contributed by atoms with Gasteiger partial charge in [0.05, 0.1) is 11.5 Å². The first-order chi connectivity index (χ1) is 19.4. The zero-order valence-corrected chi connectivity index (χ0v) is 25.2. The average molecular weight is 573 g/mol. The molecule has 1 saturated carbocycles. The van der Waals surface area contributed by atoms with Crippen LogP contribution in [0.1, 0.15) is 71.3 Å². The molecule has 2 aliphatic heterocycles. The predicted molar refractivity (Wildman–Crippen MR) is 158 cm³/mol. The van der Waals surface area contributed by atoms with E-state index in [9.17, 15) is 18.8 Å². The van der Waals surface area contributed by atoms with E-state index in [1.165, 1.54) is 18.6 Å². The van der Waals surface area contributed by atoms with Gasteiger partial charge < -0.3 is 31.5 Å². The topological polar surface area (TPSA) is 120 Å². The summed E-state index contributed by atoms with van der Waals surface area (Å²) in [4.78, 5) is 44.9. The number of likely N-dealkylation sites (N-methyl/N-ethyl adjacent to an activating group) is 1. The van der Waals surface area contributed by atoms with E-state index >= 15 is 0 Å². The summed E-state index contributed by atoms with van der Waals surface area (Å²) in [6.07, 6.45) is 6.91. The Labute approximate surface area is 244 Å². The molecule has 0 bridgehead atoms. The lowest BCUT2D eigenvalue weighted by Gasteiger charge is -2.48. The molecular formula is C31H49FN6O3. The fourth-order valence-corrected chi connectivity index (χ4v) is 6.80. The third-order valence-corrected chi connectivity index (χ3v) is 9.14. The van der Waals surface area contributed by atoms with E-state index in [1.807, 2.05) is 27.8 Å². The number of anilines is 1. The highest BCUT2D eigenvalue weighted by molar-refractivity contribution is 5.91. The Morgan fingerprint density at radius 2 is 1.80 bits per heavy atom. The SMILES string of the molecule is CN1CCNC(C(=O)NC(Cc2ccc(F)cc2N)C(=O)N2CCC(C(=O)NC(C)(C)C)(C3CCCCC3)CC2)C1. The lowest BCUT2D eigenvalue weighted by Crippen LogP contribution is -2.61. The molecule has 228 valence electrons. The molecule has 5 N–H and O–H groups in total. The summed E-state index contributed by atoms with van der Waals surface area (Å²) in [6, 6.07) is 2.85. The van der Waals surface area contributed by atoms with Crippen LogP contribution >= 0.6 is 0 Å². The maximum atomic E-state index is 14.0. The minimum absolute atomic E-state index is 0.0976. The van der Waals surface area contributed by atoms with Gasteiger partial charge in [-0.05, 0) is 77.1 Å². The van der Waals surface area contributed by atoms with Crippen molar-refractivity contribution in [3.05, 3.63) is 29.6 Å². The molecule has 10 heteroatoms. The molecule has 1 aliphatic carbocycles. The van der Waals surface area contributed by atoms with Crippen molar-refractivity contribution in [3.8, 4) is 0 Å². The normalized spacial score (nSPS) is 23.0. The number of nitrogens with zero attached hydrogens (tertiary/aromatic N) is 2. The fourth-order valence-electron chi connectivity index (χ4n) is 6.80. The van der Waals surface area contributed by atoms with Crippen LogP contribution in [0.5, 0.6) is 0 Å². The maximum Gasteiger partial charge on any atom is 0.245 e. The Balaban J connectivity index is 1.52. The third-order valence-electron chi connectivity index (χ3n) is 9.14. The molecule has 4 rings (SSSR count). The third kappa shape index (κ3) is 7.77. The summed E-state index contributed by atoms with van der Waals surface area (Å²) >= 11 is 0. The quantitative estimate of drug-likeness (QED) is 0.373. The van der Waals surface area contributed by atoms with E-state index in [-0.39, 0.29) is 35.4 Å². The molecule has 0 spiro atoms. The second kappa shape index (κ2) is 13.1. The van der Waals surface area contributed by atoms with E-state index in [1.54, 1.807) is 11.0 Å². The number of piperidine rings is 1. The number of amides is 3. The summed E-state index contributed by atoms with van der Waals surface area (Å²) < 4.78 is 13.7. The van der Waals surface area contributed by atoms with Crippen molar-refractivity contribution >= 4 is 23.4 Å². The van der Waals surface area contributed by atoms with Gasteiger partial charge in [-0.15, -0.1) is 0 Å². The number of nitrogens with one attached hydrogen (secondary N) is 3. The van der Waals surface area contributed by atoms with Crippen LogP contribution < -0.4 is 21.7 Å². The number of piperazine rings is 1. The van der Waals surface area contributed by atoms with Crippen LogP contribution in [-0.4, -0.2) is 84.9 Å². The summed E-state index contributed by atoms with van der Waals surface area (Å²) in [6.45, 7) is 8.98. The standard InChI is InChI=1S/C31H49FN6O3/c1-30(2,3)36-29(41)31(22-8-6-5-7-9-22)12-15-38(16-13-31)28(40)25(18-21-10-11-23(32)19-24(21)33)35-27(39)26-20-37(4)17-14-34-26/h10-11,19,22,25-26,34H,5-9,12-18,20,33H2,1-4H3,(H,35,39)(H,36,41). The van der Waals surface area contributed by atoms with Crippen molar-refractivity contribution in [1.29, 1.82) is 0 Å². The summed E-state index contributed by atoms with van der Waals surface area (Å²) in [5.74, 6) is -0.482. The molecule has 3 amide bonds. The van der Waals surface area contributed by atoms with Gasteiger partial charge in [0, 0.05) is 50.4 Å². The predicted octanol–water partition coefficient (Wildman–Crippen LogP) is 2.44. The van der Waals surface area contributed by atoms with Gasteiger partial charge in [-0.1, -0.05) is 25.3 Å². The van der Waals surface area contributed by atoms with Crippen molar-refractivity contribution in [3.63, 3.8) is 0 Å². The second-order valence-electron chi connectivity index (χ2n) is 13.4. The van der Waals surface area contributed by atoms with E-state index in [0.717, 1.165) is 32.2 Å². The highest BCUT2D eigenvalue weighted by Gasteiger charge is 2.49. The molecule has 41 heavy (non-hydrogen) atoms. The molecule has 2 saturated heterocycles. The van der Waals surface area contributed by atoms with Crippen molar-refractivity contribution in [2.75, 3.05) is 45.5 Å². The number of carbonyl (C=O) groups excluding carboxylic acids is 3. The van der Waals surface area contributed by atoms with Crippen LogP contribution in [-0.2, 0) is 20.8 Å². The van der Waals surface area contributed by atoms with Crippen LogP contribution in [0.3, 0.4) is 0 Å². The monoisotopic (exact) mass is 572 g/mol. The Morgan fingerprint density at radius 3 is 2.41 bits per heavy atom. The molecule has 2 atom stereocenters. The Morgan fingerprint density at radius 1 is 1.12 bits per heavy atom. The first kappa shape index (κ1) is 31.2. The molecule has 3 fully saturated rings. The summed E-state index contributed by atoms with van der Waals surface area (Å²) in [5, 5.41) is 9.47. The number of benzene rings is 1. The van der Waals surface area contributed by atoms with Gasteiger partial charge in [-0.25, -0.2) is 4.39 Å². The van der Waals surface area contributed by atoms with Crippen LogP contribution in [0, 0.1) is 17.2 Å². The first-order valence-corrected chi connectivity index (χ1v) is 15.3. The number of rotatable bonds is 7. The van der Waals surface area contributed by atoms with Gasteiger partial charge in [0.25, 0.3) is 0 Å². The lowest BCUT2D eigenvalue weighted by molar-refractivity contribution is -0.147. The molecule has 0 radical (unpaired) electrons. The van der Waals surface area contributed by atoms with E-state index in [0.29, 0.717) is 50.5 Å². The van der Waals surface area contributed by atoms with Gasteiger partial charge in [0.1, 0.15) is 11.9 Å². The maximum absolute atomic E-state index is 14.0. The molecule has 3 aliphatic rings. The van der Waals surface area contributed by atoms with Crippen LogP contribution in [0.2, 0.25) is 0 Å². The molecule has 0 aromatic heterocycles. The number of likely N-dealkylation sites (tertiary alicyclic amines) is 1. The van der Waals surface area contributed by atoms with Gasteiger partial charge >= 0.3 is 0 Å². The van der Waals surface area contributed by atoms with Crippen LogP contribution in [0.25, 0.3) is 0 Å². The molecule has 2 unspecified atom stereocenters. The highest BCUT2D eigenvalue weighted by atomic mass is 19.1. The van der Waals surface area contributed by atoms with Gasteiger partial charge in [0.15, 0.2) is 0 Å². The molecule has 1 aromatic carbocycles. The number of halogens is 1. The van der Waals surface area contributed by atoms with Crippen molar-refractivity contribution in [2.45, 2.75) is 89.8 Å². The largest absolute Gasteiger partial charge is 0.398 e. The number of hydrogen-bond donors (Lipinski definition) is 4. The zero-order chi connectivity index (χ0) is 29.8. The van der Waals surface area contributed by atoms with Crippen LogP contribution in [0.15, 0.2) is 18.2 Å². The van der Waals surface area contributed by atoms with E-state index in [2.05, 4.69) is 20.9 Å². The molecular weight excluding hydrogens is 523 g/mol. The fraction of sp³-hybridized carbons (Fsp3) is 0.710. The molecule has 1 aromatic rings. The molecule has 9 nitrogen and oxygen atoms in total. The summed E-state index contributed by atoms with van der Waals surface area (Å²) in [7, 11) is 1.96. The zero-order valence-electron chi connectivity index (χ0n) is 25.2. The van der Waals surface area contributed by atoms with Crippen molar-refractivity contribution in [1.82, 2.24) is 25.8 Å². The molecule has 2 heterocycles. The lowest BCUT2D eigenvalue weighted by atomic mass is 9.63. The van der Waals surface area contributed by atoms with Crippen molar-refractivity contribution < 1.29 is 18.8 Å². The number of nitrogens with two attached hydrogens (primary N) is 1. The van der Waals surface area contributed by atoms with E-state index < -0.39 is 23.3 Å². The van der Waals surface area contributed by atoms with E-state index in [4.69, 9.17) is 5.73 Å². The van der Waals surface area contributed by atoms with Gasteiger partial charge in [-0.3, -0.25) is 14.4 Å². The number of nitrogen functional groups attached to an aromatic ring is 1. The van der Waals surface area contributed by atoms with Gasteiger partial charge in [0.2, 0.25) is 17.7 Å². The second-order valence-corrected chi connectivity index (χ2v) is 13.4. The van der Waals surface area contributed by atoms with Crippen molar-refractivity contribution in [2.24, 2.45) is 11.3 Å². The average Bonchev–Trinajstić information content (AvgIpc) is 2.93. The summed E-state index contributed by atoms with van der Waals surface area (Å²) in [5.41, 5.74) is 6.13. The smallest absolute Gasteiger partial charge is 0.245 e. The minimum atomic E-state index is -0.852. The van der Waals surface area contributed by atoms with Gasteiger partial charge in [-0.2, -0.15) is 0 Å². The Hall–Kier alpha value is -2.72. The van der Waals surface area contributed by atoms with Crippen LogP contribution in [0.4, 0.5) is 10.1 Å². The first-order valence-electron chi connectivity index (χ1n) is 15.3. The minimum Gasteiger partial charge on any atom is -0.398 e.